The first-order valence-electron chi connectivity index (χ1n) is 7.91. The van der Waals surface area contributed by atoms with Gasteiger partial charge in [0.1, 0.15) is 5.75 Å². The highest BCUT2D eigenvalue weighted by Gasteiger charge is 2.18. The first-order valence-corrected chi connectivity index (χ1v) is 7.91. The lowest BCUT2D eigenvalue weighted by Gasteiger charge is -2.22. The van der Waals surface area contributed by atoms with Gasteiger partial charge in [-0.1, -0.05) is 39.0 Å². The SMILES string of the molecule is CC(C)OCCCNC(=O)COc1ccccc1C(C)(C)C. The summed E-state index contributed by atoms with van der Waals surface area (Å²) in [6, 6.07) is 7.86. The summed E-state index contributed by atoms with van der Waals surface area (Å²) in [5.41, 5.74) is 1.09. The molecule has 1 amide bonds. The third-order valence-electron chi connectivity index (χ3n) is 3.15. The molecule has 4 nitrogen and oxygen atoms in total. The molecule has 0 heterocycles. The molecule has 4 heteroatoms. The van der Waals surface area contributed by atoms with E-state index in [2.05, 4.69) is 26.1 Å². The zero-order chi connectivity index (χ0) is 16.6. The van der Waals surface area contributed by atoms with Crippen molar-refractivity contribution < 1.29 is 14.3 Å². The van der Waals surface area contributed by atoms with Gasteiger partial charge >= 0.3 is 0 Å². The Morgan fingerprint density at radius 3 is 2.55 bits per heavy atom. The van der Waals surface area contributed by atoms with Crippen molar-refractivity contribution in [2.24, 2.45) is 0 Å². The summed E-state index contributed by atoms with van der Waals surface area (Å²) in [5.74, 6) is 0.668. The lowest BCUT2D eigenvalue weighted by Crippen LogP contribution is -2.30. The number of hydrogen-bond acceptors (Lipinski definition) is 3. The molecule has 1 aromatic rings. The Kier molecular flexibility index (Phi) is 7.39. The molecule has 1 rings (SSSR count). The molecule has 1 N–H and O–H groups in total. The molecular weight excluding hydrogens is 278 g/mol. The largest absolute Gasteiger partial charge is 0.483 e. The first kappa shape index (κ1) is 18.5. The van der Waals surface area contributed by atoms with Gasteiger partial charge in [0.05, 0.1) is 6.10 Å². The average Bonchev–Trinajstić information content (AvgIpc) is 2.43. The molecule has 0 bridgehead atoms. The van der Waals surface area contributed by atoms with Crippen LogP contribution < -0.4 is 10.1 Å². The number of ether oxygens (including phenoxy) is 2. The van der Waals surface area contributed by atoms with Crippen LogP contribution in [0, 0.1) is 0 Å². The summed E-state index contributed by atoms with van der Waals surface area (Å²) in [5, 5.41) is 2.84. The highest BCUT2D eigenvalue weighted by Crippen LogP contribution is 2.30. The molecule has 0 aliphatic rings. The van der Waals surface area contributed by atoms with Gasteiger partial charge in [0.25, 0.3) is 5.91 Å². The third kappa shape index (κ3) is 6.94. The predicted molar refractivity (Wildman–Crippen MR) is 89.4 cm³/mol. The fourth-order valence-electron chi connectivity index (χ4n) is 2.03. The van der Waals surface area contributed by atoms with E-state index < -0.39 is 0 Å². The Labute approximate surface area is 134 Å². The van der Waals surface area contributed by atoms with Crippen molar-refractivity contribution in [1.82, 2.24) is 5.32 Å². The maximum atomic E-state index is 11.8. The maximum Gasteiger partial charge on any atom is 0.257 e. The van der Waals surface area contributed by atoms with Crippen LogP contribution in [0.5, 0.6) is 5.75 Å². The van der Waals surface area contributed by atoms with Gasteiger partial charge in [-0.25, -0.2) is 0 Å². The average molecular weight is 307 g/mol. The Bertz CT molecular complexity index is 464. The Hall–Kier alpha value is -1.55. The number of carbonyl (C=O) groups excluding carboxylic acids is 1. The van der Waals surface area contributed by atoms with Crippen molar-refractivity contribution in [2.45, 2.75) is 52.6 Å². The molecule has 0 spiro atoms. The molecule has 0 aliphatic heterocycles. The van der Waals surface area contributed by atoms with Crippen molar-refractivity contribution in [3.05, 3.63) is 29.8 Å². The molecule has 0 radical (unpaired) electrons. The summed E-state index contributed by atoms with van der Waals surface area (Å²) in [4.78, 5) is 11.8. The van der Waals surface area contributed by atoms with Crippen molar-refractivity contribution in [3.8, 4) is 5.75 Å². The summed E-state index contributed by atoms with van der Waals surface area (Å²) < 4.78 is 11.1. The molecule has 0 fully saturated rings. The number of benzene rings is 1. The van der Waals surface area contributed by atoms with Crippen LogP contribution in [0.15, 0.2) is 24.3 Å². The monoisotopic (exact) mass is 307 g/mol. The van der Waals surface area contributed by atoms with E-state index >= 15 is 0 Å². The van der Waals surface area contributed by atoms with Crippen molar-refractivity contribution in [2.75, 3.05) is 19.8 Å². The van der Waals surface area contributed by atoms with E-state index in [9.17, 15) is 4.79 Å². The summed E-state index contributed by atoms with van der Waals surface area (Å²) >= 11 is 0. The zero-order valence-electron chi connectivity index (χ0n) is 14.4. The zero-order valence-corrected chi connectivity index (χ0v) is 14.4. The third-order valence-corrected chi connectivity index (χ3v) is 3.15. The van der Waals surface area contributed by atoms with Gasteiger partial charge in [-0.3, -0.25) is 4.79 Å². The lowest BCUT2D eigenvalue weighted by atomic mass is 9.86. The second-order valence-electron chi connectivity index (χ2n) is 6.66. The molecule has 0 atom stereocenters. The minimum atomic E-state index is -0.103. The van der Waals surface area contributed by atoms with Gasteiger partial charge < -0.3 is 14.8 Å². The Morgan fingerprint density at radius 1 is 1.23 bits per heavy atom. The molecule has 0 aliphatic carbocycles. The molecule has 0 aromatic heterocycles. The molecular formula is C18H29NO3. The van der Waals surface area contributed by atoms with Gasteiger partial charge in [0.15, 0.2) is 6.61 Å². The predicted octanol–water partition coefficient (Wildman–Crippen LogP) is 3.29. The second kappa shape index (κ2) is 8.79. The van der Waals surface area contributed by atoms with Crippen molar-refractivity contribution >= 4 is 5.91 Å². The smallest absolute Gasteiger partial charge is 0.257 e. The quantitative estimate of drug-likeness (QED) is 0.750. The van der Waals surface area contributed by atoms with Crippen LogP contribution in [-0.2, 0) is 14.9 Å². The van der Waals surface area contributed by atoms with Gasteiger partial charge in [-0.05, 0) is 37.3 Å². The normalized spacial score (nSPS) is 11.5. The molecule has 0 saturated carbocycles. The Morgan fingerprint density at radius 2 is 1.91 bits per heavy atom. The maximum absolute atomic E-state index is 11.8. The van der Waals surface area contributed by atoms with E-state index in [1.54, 1.807) is 0 Å². The minimum absolute atomic E-state index is 0.0126. The van der Waals surface area contributed by atoms with E-state index in [0.717, 1.165) is 17.7 Å². The fraction of sp³-hybridized carbons (Fsp3) is 0.611. The molecule has 22 heavy (non-hydrogen) atoms. The minimum Gasteiger partial charge on any atom is -0.483 e. The van der Waals surface area contributed by atoms with Gasteiger partial charge in [-0.2, -0.15) is 0 Å². The van der Waals surface area contributed by atoms with Crippen LogP contribution in [0.1, 0.15) is 46.6 Å². The standard InChI is InChI=1S/C18H29NO3/c1-14(2)21-12-8-11-19-17(20)13-22-16-10-7-6-9-15(16)18(3,4)5/h6-7,9-10,14H,8,11-13H2,1-5H3,(H,19,20). The van der Waals surface area contributed by atoms with Crippen molar-refractivity contribution in [1.29, 1.82) is 0 Å². The number of carbonyl (C=O) groups is 1. The highest BCUT2D eigenvalue weighted by atomic mass is 16.5. The van der Waals surface area contributed by atoms with Crippen LogP contribution in [0.4, 0.5) is 0 Å². The number of nitrogens with one attached hydrogen (secondary N) is 1. The van der Waals surface area contributed by atoms with E-state index in [1.807, 2.05) is 38.1 Å². The second-order valence-corrected chi connectivity index (χ2v) is 6.66. The van der Waals surface area contributed by atoms with E-state index in [0.29, 0.717) is 13.2 Å². The van der Waals surface area contributed by atoms with Gasteiger partial charge in [0.2, 0.25) is 0 Å². The summed E-state index contributed by atoms with van der Waals surface area (Å²) in [7, 11) is 0. The Balaban J connectivity index is 2.36. The molecule has 0 saturated heterocycles. The van der Waals surface area contributed by atoms with Gasteiger partial charge in [-0.15, -0.1) is 0 Å². The number of para-hydroxylation sites is 1. The fourth-order valence-corrected chi connectivity index (χ4v) is 2.03. The van der Waals surface area contributed by atoms with Crippen molar-refractivity contribution in [3.63, 3.8) is 0 Å². The van der Waals surface area contributed by atoms with Crippen LogP contribution in [-0.4, -0.2) is 31.8 Å². The summed E-state index contributed by atoms with van der Waals surface area (Å²) in [6.45, 7) is 11.7. The van der Waals surface area contributed by atoms with E-state index in [1.165, 1.54) is 0 Å². The van der Waals surface area contributed by atoms with E-state index in [4.69, 9.17) is 9.47 Å². The van der Waals surface area contributed by atoms with Crippen LogP contribution in [0.3, 0.4) is 0 Å². The topological polar surface area (TPSA) is 47.6 Å². The summed E-state index contributed by atoms with van der Waals surface area (Å²) in [6.07, 6.45) is 1.04. The number of amides is 1. The number of rotatable bonds is 8. The molecule has 0 unspecified atom stereocenters. The van der Waals surface area contributed by atoms with Crippen LogP contribution >= 0.6 is 0 Å². The van der Waals surface area contributed by atoms with E-state index in [-0.39, 0.29) is 24.0 Å². The van der Waals surface area contributed by atoms with Crippen LogP contribution in [0.25, 0.3) is 0 Å². The molecule has 1 aromatic carbocycles. The van der Waals surface area contributed by atoms with Gasteiger partial charge in [0, 0.05) is 13.2 Å². The lowest BCUT2D eigenvalue weighted by molar-refractivity contribution is -0.123. The molecule has 124 valence electrons. The highest BCUT2D eigenvalue weighted by molar-refractivity contribution is 5.77. The van der Waals surface area contributed by atoms with Crippen LogP contribution in [0.2, 0.25) is 0 Å². The number of hydrogen-bond donors (Lipinski definition) is 1. The first-order chi connectivity index (χ1) is 10.3.